The van der Waals surface area contributed by atoms with Gasteiger partial charge in [0.2, 0.25) is 5.91 Å². The lowest BCUT2D eigenvalue weighted by Crippen LogP contribution is -2.05. The van der Waals surface area contributed by atoms with E-state index in [0.29, 0.717) is 0 Å². The van der Waals surface area contributed by atoms with Crippen molar-refractivity contribution in [2.45, 2.75) is 6.92 Å². The molecule has 14 heavy (non-hydrogen) atoms. The number of hydrogen-bond acceptors (Lipinski definition) is 3. The van der Waals surface area contributed by atoms with Gasteiger partial charge >= 0.3 is 0 Å². The number of carbonyl (C=O) groups excluding carboxylic acids is 1. The summed E-state index contributed by atoms with van der Waals surface area (Å²) in [5.74, 6) is -0.0679. The van der Waals surface area contributed by atoms with Crippen molar-refractivity contribution >= 4 is 17.8 Å². The lowest BCUT2D eigenvalue weighted by molar-refractivity contribution is -0.114. The van der Waals surface area contributed by atoms with Crippen LogP contribution in [0, 0.1) is 0 Å². The molecule has 0 aromatic heterocycles. The maximum Gasteiger partial charge on any atom is 0.221 e. The summed E-state index contributed by atoms with van der Waals surface area (Å²) in [5.41, 5.74) is 4.43. The summed E-state index contributed by atoms with van der Waals surface area (Å²) in [6.07, 6.45) is 1.71. The zero-order valence-electron chi connectivity index (χ0n) is 8.24. The van der Waals surface area contributed by atoms with Gasteiger partial charge in [0.05, 0.1) is 6.21 Å². The molecule has 0 heterocycles. The van der Waals surface area contributed by atoms with Crippen LogP contribution in [-0.4, -0.2) is 19.2 Å². The summed E-state index contributed by atoms with van der Waals surface area (Å²) in [6.45, 7) is 1.48. The second-order valence-corrected chi connectivity index (χ2v) is 2.79. The molecule has 4 heteroatoms. The van der Waals surface area contributed by atoms with E-state index in [2.05, 4.69) is 15.8 Å². The maximum atomic E-state index is 10.7. The quantitative estimate of drug-likeness (QED) is 0.557. The molecule has 0 radical (unpaired) electrons. The normalized spacial score (nSPS) is 10.1. The summed E-state index contributed by atoms with van der Waals surface area (Å²) in [5, 5.41) is 6.56. The predicted octanol–water partition coefficient (Wildman–Crippen LogP) is 1.20. The minimum Gasteiger partial charge on any atom is -0.326 e. The van der Waals surface area contributed by atoms with Crippen molar-refractivity contribution in [3.8, 4) is 0 Å². The lowest BCUT2D eigenvalue weighted by Gasteiger charge is -2.01. The van der Waals surface area contributed by atoms with E-state index in [1.54, 1.807) is 13.3 Å². The van der Waals surface area contributed by atoms with Crippen LogP contribution in [0.1, 0.15) is 12.5 Å². The third kappa shape index (κ3) is 3.26. The third-order valence-electron chi connectivity index (χ3n) is 1.57. The zero-order valence-corrected chi connectivity index (χ0v) is 8.24. The molecule has 0 fully saturated rings. The standard InChI is InChI=1S/C10H13N3O/c1-8(14)13-10-5-3-9(4-6-10)7-12-11-2/h3-7,11H,1-2H3,(H,13,14)/b12-7-. The Bertz CT molecular complexity index is 330. The summed E-state index contributed by atoms with van der Waals surface area (Å²) in [4.78, 5) is 10.7. The molecule has 1 rings (SSSR count). The van der Waals surface area contributed by atoms with E-state index < -0.39 is 0 Å². The molecule has 0 aliphatic carbocycles. The highest BCUT2D eigenvalue weighted by Crippen LogP contribution is 2.07. The predicted molar refractivity (Wildman–Crippen MR) is 57.4 cm³/mol. The highest BCUT2D eigenvalue weighted by molar-refractivity contribution is 5.89. The van der Waals surface area contributed by atoms with Crippen LogP contribution in [0.3, 0.4) is 0 Å². The number of nitrogens with one attached hydrogen (secondary N) is 2. The van der Waals surface area contributed by atoms with Gasteiger partial charge in [0, 0.05) is 19.7 Å². The lowest BCUT2D eigenvalue weighted by atomic mass is 10.2. The van der Waals surface area contributed by atoms with Crippen LogP contribution in [0.5, 0.6) is 0 Å². The fourth-order valence-electron chi connectivity index (χ4n) is 0.995. The molecule has 0 bridgehead atoms. The Hall–Kier alpha value is -1.84. The average Bonchev–Trinajstić information content (AvgIpc) is 2.16. The molecule has 1 aromatic rings. The fraction of sp³-hybridized carbons (Fsp3) is 0.200. The number of nitrogens with zero attached hydrogens (tertiary/aromatic N) is 1. The fourth-order valence-corrected chi connectivity index (χ4v) is 0.995. The molecule has 2 N–H and O–H groups in total. The minimum atomic E-state index is -0.0679. The van der Waals surface area contributed by atoms with Gasteiger partial charge in [0.1, 0.15) is 0 Å². The van der Waals surface area contributed by atoms with Crippen LogP contribution in [0.15, 0.2) is 29.4 Å². The number of hydrogen-bond donors (Lipinski definition) is 2. The number of hydrazone groups is 1. The van der Waals surface area contributed by atoms with Gasteiger partial charge < -0.3 is 10.7 Å². The Morgan fingerprint density at radius 3 is 2.50 bits per heavy atom. The van der Waals surface area contributed by atoms with Gasteiger partial charge in [-0.05, 0) is 17.7 Å². The first-order chi connectivity index (χ1) is 6.72. The Balaban J connectivity index is 2.68. The Morgan fingerprint density at radius 2 is 2.00 bits per heavy atom. The van der Waals surface area contributed by atoms with Crippen molar-refractivity contribution in [2.75, 3.05) is 12.4 Å². The van der Waals surface area contributed by atoms with E-state index in [-0.39, 0.29) is 5.91 Å². The Kier molecular flexibility index (Phi) is 3.67. The number of rotatable bonds is 3. The molecular formula is C10H13N3O. The van der Waals surface area contributed by atoms with Crippen LogP contribution >= 0.6 is 0 Å². The smallest absolute Gasteiger partial charge is 0.221 e. The molecule has 0 unspecified atom stereocenters. The highest BCUT2D eigenvalue weighted by Gasteiger charge is 1.94. The van der Waals surface area contributed by atoms with E-state index in [9.17, 15) is 4.79 Å². The van der Waals surface area contributed by atoms with Crippen molar-refractivity contribution in [3.05, 3.63) is 29.8 Å². The topological polar surface area (TPSA) is 53.5 Å². The average molecular weight is 191 g/mol. The van der Waals surface area contributed by atoms with E-state index in [4.69, 9.17) is 0 Å². The molecule has 4 nitrogen and oxygen atoms in total. The molecule has 1 amide bonds. The van der Waals surface area contributed by atoms with Gasteiger partial charge in [-0.1, -0.05) is 12.1 Å². The number of benzene rings is 1. The van der Waals surface area contributed by atoms with Crippen LogP contribution in [0.4, 0.5) is 5.69 Å². The van der Waals surface area contributed by atoms with Gasteiger partial charge in [-0.25, -0.2) is 0 Å². The third-order valence-corrected chi connectivity index (χ3v) is 1.57. The second kappa shape index (κ2) is 5.01. The molecule has 1 aromatic carbocycles. The second-order valence-electron chi connectivity index (χ2n) is 2.79. The first kappa shape index (κ1) is 10.2. The Morgan fingerprint density at radius 1 is 1.36 bits per heavy atom. The van der Waals surface area contributed by atoms with Crippen molar-refractivity contribution in [3.63, 3.8) is 0 Å². The van der Waals surface area contributed by atoms with Crippen molar-refractivity contribution < 1.29 is 4.79 Å². The van der Waals surface area contributed by atoms with Crippen LogP contribution < -0.4 is 10.7 Å². The van der Waals surface area contributed by atoms with E-state index >= 15 is 0 Å². The minimum absolute atomic E-state index is 0.0679. The molecule has 0 atom stereocenters. The number of anilines is 1. The SMILES string of the molecule is CN/N=C\c1ccc(NC(C)=O)cc1. The first-order valence-electron chi connectivity index (χ1n) is 4.30. The molecule has 0 spiro atoms. The van der Waals surface area contributed by atoms with Crippen LogP contribution in [0.25, 0.3) is 0 Å². The van der Waals surface area contributed by atoms with Crippen molar-refractivity contribution in [1.29, 1.82) is 0 Å². The Labute approximate surface area is 83.0 Å². The highest BCUT2D eigenvalue weighted by atomic mass is 16.1. The summed E-state index contributed by atoms with van der Waals surface area (Å²) in [6, 6.07) is 7.43. The van der Waals surface area contributed by atoms with Gasteiger partial charge in [0.15, 0.2) is 0 Å². The van der Waals surface area contributed by atoms with Crippen LogP contribution in [0.2, 0.25) is 0 Å². The molecule has 0 aliphatic rings. The van der Waals surface area contributed by atoms with E-state index in [1.807, 2.05) is 24.3 Å². The molecule has 0 aliphatic heterocycles. The van der Waals surface area contributed by atoms with E-state index in [1.165, 1.54) is 6.92 Å². The molecular weight excluding hydrogens is 178 g/mol. The summed E-state index contributed by atoms with van der Waals surface area (Å²) >= 11 is 0. The molecule has 0 saturated heterocycles. The number of carbonyl (C=O) groups is 1. The summed E-state index contributed by atoms with van der Waals surface area (Å²) in [7, 11) is 1.74. The van der Waals surface area contributed by atoms with E-state index in [0.717, 1.165) is 11.3 Å². The molecule has 74 valence electrons. The van der Waals surface area contributed by atoms with Gasteiger partial charge in [-0.15, -0.1) is 0 Å². The van der Waals surface area contributed by atoms with Gasteiger partial charge in [-0.2, -0.15) is 5.10 Å². The van der Waals surface area contributed by atoms with Crippen LogP contribution in [-0.2, 0) is 4.79 Å². The zero-order chi connectivity index (χ0) is 10.4. The molecule has 0 saturated carbocycles. The van der Waals surface area contributed by atoms with Gasteiger partial charge in [-0.3, -0.25) is 4.79 Å². The monoisotopic (exact) mass is 191 g/mol. The summed E-state index contributed by atoms with van der Waals surface area (Å²) < 4.78 is 0. The largest absolute Gasteiger partial charge is 0.326 e. The maximum absolute atomic E-state index is 10.7. The van der Waals surface area contributed by atoms with Gasteiger partial charge in [0.25, 0.3) is 0 Å². The van der Waals surface area contributed by atoms with Crippen molar-refractivity contribution in [2.24, 2.45) is 5.10 Å². The number of amides is 1. The van der Waals surface area contributed by atoms with Crippen molar-refractivity contribution in [1.82, 2.24) is 5.43 Å². The first-order valence-corrected chi connectivity index (χ1v) is 4.30.